The molecule has 2 aliphatic rings. The van der Waals surface area contributed by atoms with E-state index in [2.05, 4.69) is 22.8 Å². The van der Waals surface area contributed by atoms with Gasteiger partial charge in [-0.3, -0.25) is 9.59 Å². The van der Waals surface area contributed by atoms with Crippen LogP contribution >= 0.6 is 0 Å². The summed E-state index contributed by atoms with van der Waals surface area (Å²) in [6.07, 6.45) is 17.6. The molecule has 1 aliphatic heterocycles. The van der Waals surface area contributed by atoms with Crippen LogP contribution in [0.4, 0.5) is 0 Å². The van der Waals surface area contributed by atoms with Crippen molar-refractivity contribution in [1.29, 1.82) is 0 Å². The van der Waals surface area contributed by atoms with E-state index in [0.29, 0.717) is 12.8 Å². The molecular formula is C26H38N2O4. The summed E-state index contributed by atoms with van der Waals surface area (Å²) in [6, 6.07) is 7.05. The molecule has 0 radical (unpaired) electrons. The molecule has 0 spiro atoms. The molecule has 1 atom stereocenters. The van der Waals surface area contributed by atoms with Gasteiger partial charge in [0.1, 0.15) is 6.04 Å². The lowest BCUT2D eigenvalue weighted by atomic mass is 10.0. The van der Waals surface area contributed by atoms with E-state index in [0.717, 1.165) is 36.8 Å². The molecule has 1 aromatic carbocycles. The number of amides is 2. The maximum atomic E-state index is 12.1. The average Bonchev–Trinajstić information content (AvgIpc) is 2.82. The Morgan fingerprint density at radius 1 is 0.938 bits per heavy atom. The van der Waals surface area contributed by atoms with Gasteiger partial charge in [0.2, 0.25) is 11.8 Å². The zero-order valence-electron chi connectivity index (χ0n) is 19.4. The number of carbonyl (C=O) groups excluding carboxylic acids is 3. The summed E-state index contributed by atoms with van der Waals surface area (Å²) in [5.74, 6) is -1.07. The number of methoxy groups -OCH3 is 1. The maximum absolute atomic E-state index is 12.1. The van der Waals surface area contributed by atoms with Crippen LogP contribution in [-0.4, -0.2) is 37.5 Å². The average molecular weight is 443 g/mol. The molecule has 1 fully saturated rings. The van der Waals surface area contributed by atoms with Crippen molar-refractivity contribution in [2.75, 3.05) is 13.7 Å². The number of hydrogen-bond donors (Lipinski definition) is 2. The van der Waals surface area contributed by atoms with Crippen LogP contribution < -0.4 is 10.6 Å². The van der Waals surface area contributed by atoms with Gasteiger partial charge >= 0.3 is 5.97 Å². The third-order valence-electron chi connectivity index (χ3n) is 5.74. The highest BCUT2D eigenvalue weighted by Crippen LogP contribution is 2.15. The van der Waals surface area contributed by atoms with Crippen molar-refractivity contribution in [1.82, 2.24) is 10.6 Å². The van der Waals surface area contributed by atoms with Crippen molar-refractivity contribution < 1.29 is 19.1 Å². The fourth-order valence-corrected chi connectivity index (χ4v) is 3.91. The molecule has 6 nitrogen and oxygen atoms in total. The van der Waals surface area contributed by atoms with Gasteiger partial charge in [0.25, 0.3) is 0 Å². The van der Waals surface area contributed by atoms with Crippen LogP contribution in [0.5, 0.6) is 0 Å². The zero-order chi connectivity index (χ0) is 23.0. The van der Waals surface area contributed by atoms with Crippen molar-refractivity contribution in [2.45, 2.75) is 83.1 Å². The predicted molar refractivity (Wildman–Crippen MR) is 127 cm³/mol. The maximum Gasteiger partial charge on any atom is 0.328 e. The number of allylic oxidation sites excluding steroid dienone is 1. The van der Waals surface area contributed by atoms with Gasteiger partial charge in [-0.05, 0) is 30.4 Å². The Balaban J connectivity index is 0.000000520. The molecule has 1 aromatic rings. The molecule has 6 heteroatoms. The number of benzene rings is 1. The molecule has 1 saturated carbocycles. The third kappa shape index (κ3) is 10.6. The summed E-state index contributed by atoms with van der Waals surface area (Å²) < 4.78 is 4.80. The van der Waals surface area contributed by atoms with E-state index >= 15 is 0 Å². The third-order valence-corrected chi connectivity index (χ3v) is 5.74. The number of ether oxygens (including phenoxy) is 1. The minimum Gasteiger partial charge on any atom is -0.467 e. The number of hydrogen-bond acceptors (Lipinski definition) is 4. The Morgan fingerprint density at radius 2 is 1.62 bits per heavy atom. The monoisotopic (exact) mass is 442 g/mol. The molecule has 1 unspecified atom stereocenters. The SMILES string of the molecule is C1CCCCC1.COC(=O)C1Cc2cccc(c2)/C=C\CCCCCC(=O)NCC(=O)N1. The summed E-state index contributed by atoms with van der Waals surface area (Å²) in [4.78, 5) is 35.9. The molecule has 3 rings (SSSR count). The Hall–Kier alpha value is -2.63. The van der Waals surface area contributed by atoms with Crippen molar-refractivity contribution in [2.24, 2.45) is 0 Å². The van der Waals surface area contributed by atoms with Gasteiger partial charge in [0, 0.05) is 12.8 Å². The van der Waals surface area contributed by atoms with E-state index in [1.165, 1.54) is 45.6 Å². The summed E-state index contributed by atoms with van der Waals surface area (Å²) in [7, 11) is 1.29. The summed E-state index contributed by atoms with van der Waals surface area (Å²) in [5, 5.41) is 5.24. The van der Waals surface area contributed by atoms with E-state index in [4.69, 9.17) is 4.74 Å². The second-order valence-corrected chi connectivity index (χ2v) is 8.49. The molecule has 2 amide bonds. The lowest BCUT2D eigenvalue weighted by molar-refractivity contribution is -0.145. The first kappa shape index (κ1) is 25.6. The largest absolute Gasteiger partial charge is 0.467 e. The Labute approximate surface area is 192 Å². The van der Waals surface area contributed by atoms with E-state index in [-0.39, 0.29) is 12.5 Å². The lowest BCUT2D eigenvalue weighted by Gasteiger charge is -2.17. The second kappa shape index (κ2) is 15.2. The van der Waals surface area contributed by atoms with E-state index in [1.54, 1.807) is 0 Å². The molecule has 1 aliphatic carbocycles. The van der Waals surface area contributed by atoms with Crippen molar-refractivity contribution >= 4 is 23.9 Å². The Morgan fingerprint density at radius 3 is 2.31 bits per heavy atom. The van der Waals surface area contributed by atoms with Crippen molar-refractivity contribution in [3.63, 3.8) is 0 Å². The first-order valence-corrected chi connectivity index (χ1v) is 12.0. The molecule has 32 heavy (non-hydrogen) atoms. The summed E-state index contributed by atoms with van der Waals surface area (Å²) in [5.41, 5.74) is 1.98. The molecule has 2 N–H and O–H groups in total. The van der Waals surface area contributed by atoms with E-state index < -0.39 is 17.9 Å². The van der Waals surface area contributed by atoms with Gasteiger partial charge < -0.3 is 15.4 Å². The first-order valence-electron chi connectivity index (χ1n) is 12.0. The highest BCUT2D eigenvalue weighted by atomic mass is 16.5. The summed E-state index contributed by atoms with van der Waals surface area (Å²) in [6.45, 7) is -0.145. The van der Waals surface area contributed by atoms with Gasteiger partial charge in [-0.15, -0.1) is 0 Å². The molecule has 0 saturated heterocycles. The normalized spacial score (nSPS) is 21.6. The van der Waals surface area contributed by atoms with Crippen molar-refractivity contribution in [3.05, 3.63) is 41.5 Å². The molecule has 176 valence electrons. The first-order chi connectivity index (χ1) is 15.6. The second-order valence-electron chi connectivity index (χ2n) is 8.49. The lowest BCUT2D eigenvalue weighted by Crippen LogP contribution is -2.47. The van der Waals surface area contributed by atoms with Gasteiger partial charge in [0.15, 0.2) is 0 Å². The van der Waals surface area contributed by atoms with Gasteiger partial charge in [-0.2, -0.15) is 0 Å². The minimum atomic E-state index is -0.792. The van der Waals surface area contributed by atoms with Crippen molar-refractivity contribution in [3.8, 4) is 0 Å². The molecule has 0 aromatic heterocycles. The number of fused-ring (bicyclic) bond motifs is 2. The number of nitrogens with one attached hydrogen (secondary N) is 2. The Bertz CT molecular complexity index is 744. The van der Waals surface area contributed by atoms with Crippen LogP contribution in [0.25, 0.3) is 6.08 Å². The standard InChI is InChI=1S/C20H26N2O4.C6H12/c1-26-20(25)17-13-16-10-7-9-15(12-16)8-5-3-2-4-6-11-18(23)21-14-19(24)22-17;1-2-4-6-5-3-1/h5,7-10,12,17H,2-4,6,11,13-14H2,1H3,(H,21,23)(H,22,24);1-6H2/b8-5-;. The highest BCUT2D eigenvalue weighted by Gasteiger charge is 2.22. The highest BCUT2D eigenvalue weighted by molar-refractivity contribution is 5.88. The van der Waals surface area contributed by atoms with Gasteiger partial charge in [0.05, 0.1) is 13.7 Å². The van der Waals surface area contributed by atoms with Crippen LogP contribution in [0.1, 0.15) is 81.8 Å². The number of rotatable bonds is 1. The number of carbonyl (C=O) groups is 3. The van der Waals surface area contributed by atoms with Crippen LogP contribution in [0, 0.1) is 0 Å². The molecular weight excluding hydrogens is 404 g/mol. The van der Waals surface area contributed by atoms with Crippen LogP contribution in [0.15, 0.2) is 30.3 Å². The van der Waals surface area contributed by atoms with Crippen LogP contribution in [0.2, 0.25) is 0 Å². The molecule has 1 heterocycles. The van der Waals surface area contributed by atoms with E-state index in [1.807, 2.05) is 24.3 Å². The number of esters is 1. The van der Waals surface area contributed by atoms with Gasteiger partial charge in [-0.1, -0.05) is 81.4 Å². The fraction of sp³-hybridized carbons (Fsp3) is 0.577. The Kier molecular flexibility index (Phi) is 12.2. The summed E-state index contributed by atoms with van der Waals surface area (Å²) >= 11 is 0. The smallest absolute Gasteiger partial charge is 0.328 e. The van der Waals surface area contributed by atoms with Crippen LogP contribution in [-0.2, 0) is 25.5 Å². The van der Waals surface area contributed by atoms with Gasteiger partial charge in [-0.25, -0.2) is 4.79 Å². The topological polar surface area (TPSA) is 84.5 Å². The molecule has 2 bridgehead atoms. The van der Waals surface area contributed by atoms with E-state index in [9.17, 15) is 14.4 Å². The fourth-order valence-electron chi connectivity index (χ4n) is 3.91. The minimum absolute atomic E-state index is 0.145. The zero-order valence-corrected chi connectivity index (χ0v) is 19.4. The quantitative estimate of drug-likeness (QED) is 0.635. The van der Waals surface area contributed by atoms with Crippen LogP contribution in [0.3, 0.4) is 0 Å². The predicted octanol–water partition coefficient (Wildman–Crippen LogP) is 4.32.